The number of alkyl halides is 3. The number of hydrogen-bond acceptors (Lipinski definition) is 2. The summed E-state index contributed by atoms with van der Waals surface area (Å²) in [5, 5.41) is 1.90. The van der Waals surface area contributed by atoms with Crippen molar-refractivity contribution >= 4 is 11.9 Å². The molecule has 3 amide bonds. The normalized spacial score (nSPS) is 25.1. The van der Waals surface area contributed by atoms with Crippen LogP contribution in [0.4, 0.5) is 18.0 Å². The number of halogens is 3. The van der Waals surface area contributed by atoms with E-state index < -0.39 is 23.7 Å². The molecule has 0 aromatic carbocycles. The van der Waals surface area contributed by atoms with Gasteiger partial charge in [0.15, 0.2) is 0 Å². The summed E-state index contributed by atoms with van der Waals surface area (Å²) in [4.78, 5) is 22.7. The molecule has 1 aliphatic heterocycles. The number of carbonyl (C=O) groups excluding carboxylic acids is 2. The average molecular weight is 222 g/mol. The standard InChI is InChI=1S/C8H9F3N2O2/c9-8(10,11)7(2-3-7)13-4-1-5(14)12-6(13)15/h1-4H2,(H,12,14,15). The lowest BCUT2D eigenvalue weighted by Crippen LogP contribution is -2.59. The van der Waals surface area contributed by atoms with Crippen LogP contribution in [0.2, 0.25) is 0 Å². The molecule has 84 valence electrons. The van der Waals surface area contributed by atoms with E-state index in [1.807, 2.05) is 5.32 Å². The molecular weight excluding hydrogens is 213 g/mol. The van der Waals surface area contributed by atoms with Crippen molar-refractivity contribution in [2.45, 2.75) is 31.0 Å². The van der Waals surface area contributed by atoms with Gasteiger partial charge in [0.1, 0.15) is 5.54 Å². The Balaban J connectivity index is 2.18. The lowest BCUT2D eigenvalue weighted by molar-refractivity contribution is -0.189. The molecule has 7 heteroatoms. The maximum atomic E-state index is 12.6. The van der Waals surface area contributed by atoms with Gasteiger partial charge < -0.3 is 4.90 Å². The van der Waals surface area contributed by atoms with Crippen molar-refractivity contribution in [3.63, 3.8) is 0 Å². The summed E-state index contributed by atoms with van der Waals surface area (Å²) >= 11 is 0. The first-order chi connectivity index (χ1) is 6.87. The fraction of sp³-hybridized carbons (Fsp3) is 0.750. The molecule has 1 heterocycles. The predicted octanol–water partition coefficient (Wildman–Crippen LogP) is 1.02. The maximum Gasteiger partial charge on any atom is 0.411 e. The van der Waals surface area contributed by atoms with E-state index in [2.05, 4.69) is 0 Å². The third kappa shape index (κ3) is 1.46. The van der Waals surface area contributed by atoms with Gasteiger partial charge in [0.05, 0.1) is 0 Å². The zero-order valence-corrected chi connectivity index (χ0v) is 7.73. The fourth-order valence-corrected chi connectivity index (χ4v) is 1.80. The van der Waals surface area contributed by atoms with Crippen LogP contribution in [0.1, 0.15) is 19.3 Å². The molecule has 0 radical (unpaired) electrons. The molecule has 0 bridgehead atoms. The summed E-state index contributed by atoms with van der Waals surface area (Å²) in [5.74, 6) is -0.519. The number of urea groups is 1. The fourth-order valence-electron chi connectivity index (χ4n) is 1.80. The molecule has 1 saturated heterocycles. The van der Waals surface area contributed by atoms with Gasteiger partial charge in [-0.05, 0) is 12.8 Å². The SMILES string of the molecule is O=C1CCN(C2(C(F)(F)F)CC2)C(=O)N1. The minimum absolute atomic E-state index is 0.0659. The highest BCUT2D eigenvalue weighted by Gasteiger charge is 2.68. The molecule has 2 fully saturated rings. The Labute approximate surface area is 83.4 Å². The molecule has 0 aromatic heterocycles. The number of amides is 3. The number of hydrogen-bond donors (Lipinski definition) is 1. The van der Waals surface area contributed by atoms with Gasteiger partial charge in [-0.3, -0.25) is 10.1 Å². The second-order valence-electron chi connectivity index (χ2n) is 3.78. The highest BCUT2D eigenvalue weighted by Crippen LogP contribution is 2.53. The van der Waals surface area contributed by atoms with Crippen LogP contribution in [0.25, 0.3) is 0 Å². The van der Waals surface area contributed by atoms with Gasteiger partial charge in [-0.25, -0.2) is 4.79 Å². The summed E-state index contributed by atoms with van der Waals surface area (Å²) in [7, 11) is 0. The zero-order valence-electron chi connectivity index (χ0n) is 7.73. The third-order valence-electron chi connectivity index (χ3n) is 2.82. The van der Waals surface area contributed by atoms with Crippen molar-refractivity contribution < 1.29 is 22.8 Å². The highest BCUT2D eigenvalue weighted by molar-refractivity contribution is 5.97. The third-order valence-corrected chi connectivity index (χ3v) is 2.82. The van der Waals surface area contributed by atoms with Gasteiger partial charge in [-0.2, -0.15) is 13.2 Å². The van der Waals surface area contributed by atoms with Gasteiger partial charge in [0.25, 0.3) is 0 Å². The van der Waals surface area contributed by atoms with E-state index in [1.165, 1.54) is 0 Å². The second kappa shape index (κ2) is 2.86. The number of nitrogens with zero attached hydrogens (tertiary/aromatic N) is 1. The summed E-state index contributed by atoms with van der Waals surface area (Å²) in [6.45, 7) is -0.149. The first-order valence-corrected chi connectivity index (χ1v) is 4.55. The summed E-state index contributed by atoms with van der Waals surface area (Å²) in [6, 6.07) is -0.930. The van der Waals surface area contributed by atoms with Gasteiger partial charge in [-0.1, -0.05) is 0 Å². The molecule has 0 unspecified atom stereocenters. The van der Waals surface area contributed by atoms with E-state index in [0.717, 1.165) is 4.90 Å². The quantitative estimate of drug-likeness (QED) is 0.720. The minimum atomic E-state index is -4.41. The van der Waals surface area contributed by atoms with Crippen molar-refractivity contribution in [1.29, 1.82) is 0 Å². The van der Waals surface area contributed by atoms with E-state index in [0.29, 0.717) is 0 Å². The Morgan fingerprint density at radius 1 is 1.27 bits per heavy atom. The Bertz CT molecular complexity index is 322. The van der Waals surface area contributed by atoms with Crippen LogP contribution in [-0.2, 0) is 4.79 Å². The van der Waals surface area contributed by atoms with Crippen LogP contribution in [0.3, 0.4) is 0 Å². The molecule has 0 atom stereocenters. The van der Waals surface area contributed by atoms with E-state index in [1.54, 1.807) is 0 Å². The van der Waals surface area contributed by atoms with E-state index in [-0.39, 0.29) is 25.8 Å². The summed E-state index contributed by atoms with van der Waals surface area (Å²) in [6.07, 6.45) is -4.62. The Morgan fingerprint density at radius 3 is 2.27 bits per heavy atom. The van der Waals surface area contributed by atoms with Gasteiger partial charge in [0, 0.05) is 13.0 Å². The molecule has 0 spiro atoms. The molecule has 1 N–H and O–H groups in total. The molecule has 1 aliphatic carbocycles. The van der Waals surface area contributed by atoms with Crippen LogP contribution in [-0.4, -0.2) is 35.1 Å². The Kier molecular flexibility index (Phi) is 1.96. The largest absolute Gasteiger partial charge is 0.411 e. The first kappa shape index (κ1) is 10.3. The van der Waals surface area contributed by atoms with Gasteiger partial charge >= 0.3 is 12.2 Å². The van der Waals surface area contributed by atoms with Crippen LogP contribution in [0.5, 0.6) is 0 Å². The molecule has 1 saturated carbocycles. The average Bonchev–Trinajstić information content (AvgIpc) is 2.83. The van der Waals surface area contributed by atoms with Crippen LogP contribution in [0.15, 0.2) is 0 Å². The Hall–Kier alpha value is -1.27. The maximum absolute atomic E-state index is 12.6. The summed E-state index contributed by atoms with van der Waals surface area (Å²) < 4.78 is 37.9. The van der Waals surface area contributed by atoms with Crippen molar-refractivity contribution in [2.24, 2.45) is 0 Å². The molecule has 15 heavy (non-hydrogen) atoms. The zero-order chi connectivity index (χ0) is 11.3. The molecule has 2 rings (SSSR count). The van der Waals surface area contributed by atoms with Crippen LogP contribution < -0.4 is 5.32 Å². The minimum Gasteiger partial charge on any atom is -0.309 e. The van der Waals surface area contributed by atoms with Crippen LogP contribution in [0, 0.1) is 0 Å². The van der Waals surface area contributed by atoms with Gasteiger partial charge in [-0.15, -0.1) is 0 Å². The highest BCUT2D eigenvalue weighted by atomic mass is 19.4. The topological polar surface area (TPSA) is 49.4 Å². The first-order valence-electron chi connectivity index (χ1n) is 4.55. The Morgan fingerprint density at radius 2 is 1.87 bits per heavy atom. The van der Waals surface area contributed by atoms with Crippen molar-refractivity contribution in [1.82, 2.24) is 10.2 Å². The number of carbonyl (C=O) groups is 2. The molecule has 0 aromatic rings. The second-order valence-corrected chi connectivity index (χ2v) is 3.78. The number of nitrogens with one attached hydrogen (secondary N) is 1. The number of imide groups is 1. The molecular formula is C8H9F3N2O2. The lowest BCUT2D eigenvalue weighted by atomic mass is 10.2. The van der Waals surface area contributed by atoms with E-state index in [9.17, 15) is 22.8 Å². The van der Waals surface area contributed by atoms with Crippen molar-refractivity contribution in [2.75, 3.05) is 6.54 Å². The van der Waals surface area contributed by atoms with E-state index >= 15 is 0 Å². The predicted molar refractivity (Wildman–Crippen MR) is 42.9 cm³/mol. The smallest absolute Gasteiger partial charge is 0.309 e. The van der Waals surface area contributed by atoms with Crippen molar-refractivity contribution in [3.8, 4) is 0 Å². The van der Waals surface area contributed by atoms with E-state index in [4.69, 9.17) is 0 Å². The molecule has 4 nitrogen and oxygen atoms in total. The molecule has 2 aliphatic rings. The van der Waals surface area contributed by atoms with Crippen molar-refractivity contribution in [3.05, 3.63) is 0 Å². The number of rotatable bonds is 1. The van der Waals surface area contributed by atoms with Gasteiger partial charge in [0.2, 0.25) is 5.91 Å². The lowest BCUT2D eigenvalue weighted by Gasteiger charge is -2.35. The van der Waals surface area contributed by atoms with Crippen LogP contribution >= 0.6 is 0 Å². The monoisotopic (exact) mass is 222 g/mol. The summed E-state index contributed by atoms with van der Waals surface area (Å²) in [5.41, 5.74) is -2.02.